The molecule has 0 bridgehead atoms. The largest absolute Gasteiger partial charge is 0.480 e. The summed E-state index contributed by atoms with van der Waals surface area (Å²) in [5.41, 5.74) is 2.15. The number of carbonyl (C=O) groups is 2. The Morgan fingerprint density at radius 3 is 2.65 bits per heavy atom. The van der Waals surface area contributed by atoms with Crippen LogP contribution in [0.3, 0.4) is 0 Å². The lowest BCUT2D eigenvalue weighted by atomic mass is 10.1. The minimum atomic E-state index is -0.996. The maximum absolute atomic E-state index is 12.0. The minimum absolute atomic E-state index is 0.368. The molecule has 20 heavy (non-hydrogen) atoms. The van der Waals surface area contributed by atoms with E-state index >= 15 is 0 Å². The van der Waals surface area contributed by atoms with Gasteiger partial charge in [-0.05, 0) is 18.9 Å². The van der Waals surface area contributed by atoms with Crippen molar-refractivity contribution in [3.8, 4) is 0 Å². The normalized spacial score (nSPS) is 11.8. The number of aliphatic carboxylic acids is 1. The van der Waals surface area contributed by atoms with Crippen molar-refractivity contribution in [2.24, 2.45) is 0 Å². The number of carbonyl (C=O) groups excluding carboxylic acids is 1. The highest BCUT2D eigenvalue weighted by atomic mass is 16.4. The van der Waals surface area contributed by atoms with Crippen molar-refractivity contribution >= 4 is 12.0 Å². The number of benzene rings is 1. The number of amides is 2. The Balaban J connectivity index is 2.60. The summed E-state index contributed by atoms with van der Waals surface area (Å²) in [7, 11) is 1.66. The highest BCUT2D eigenvalue weighted by Gasteiger charge is 2.20. The van der Waals surface area contributed by atoms with Crippen LogP contribution in [0.25, 0.3) is 0 Å². The summed E-state index contributed by atoms with van der Waals surface area (Å²) in [5.74, 6) is -0.996. The van der Waals surface area contributed by atoms with Crippen molar-refractivity contribution in [3.05, 3.63) is 35.4 Å². The molecule has 2 amide bonds. The summed E-state index contributed by atoms with van der Waals surface area (Å²) in [4.78, 5) is 24.5. The number of nitrogens with one attached hydrogen (secondary N) is 1. The molecule has 5 heteroatoms. The second-order valence-electron chi connectivity index (χ2n) is 4.97. The second kappa shape index (κ2) is 7.53. The molecule has 0 aliphatic heterocycles. The molecule has 0 heterocycles. The second-order valence-corrected chi connectivity index (χ2v) is 4.97. The molecule has 110 valence electrons. The molecule has 1 rings (SSSR count). The summed E-state index contributed by atoms with van der Waals surface area (Å²) in [6, 6.07) is 6.68. The Labute approximate surface area is 119 Å². The Kier molecular flexibility index (Phi) is 6.03. The van der Waals surface area contributed by atoms with Crippen molar-refractivity contribution < 1.29 is 14.7 Å². The lowest BCUT2D eigenvalue weighted by Crippen LogP contribution is -2.46. The molecule has 0 aliphatic carbocycles. The van der Waals surface area contributed by atoms with E-state index in [0.29, 0.717) is 19.4 Å². The molecule has 1 atom stereocenters. The van der Waals surface area contributed by atoms with E-state index in [2.05, 4.69) is 5.32 Å². The molecule has 0 fully saturated rings. The monoisotopic (exact) mass is 278 g/mol. The predicted octanol–water partition coefficient (Wildman–Crippen LogP) is 2.39. The maximum Gasteiger partial charge on any atom is 0.326 e. The minimum Gasteiger partial charge on any atom is -0.480 e. The van der Waals surface area contributed by atoms with Crippen molar-refractivity contribution in [2.75, 3.05) is 7.05 Å². The Hall–Kier alpha value is -2.04. The fraction of sp³-hybridized carbons (Fsp3) is 0.467. The first-order chi connectivity index (χ1) is 9.43. The summed E-state index contributed by atoms with van der Waals surface area (Å²) in [5, 5.41) is 11.6. The molecule has 0 saturated heterocycles. The zero-order chi connectivity index (χ0) is 15.1. The van der Waals surface area contributed by atoms with Crippen molar-refractivity contribution in [3.63, 3.8) is 0 Å². The fourth-order valence-corrected chi connectivity index (χ4v) is 1.96. The highest BCUT2D eigenvalue weighted by Crippen LogP contribution is 2.07. The first-order valence-corrected chi connectivity index (χ1v) is 6.74. The van der Waals surface area contributed by atoms with Gasteiger partial charge in [-0.1, -0.05) is 43.2 Å². The van der Waals surface area contributed by atoms with Gasteiger partial charge in [-0.25, -0.2) is 9.59 Å². The van der Waals surface area contributed by atoms with Gasteiger partial charge in [-0.15, -0.1) is 0 Å². The molecule has 0 unspecified atom stereocenters. The molecular weight excluding hydrogens is 256 g/mol. The zero-order valence-electron chi connectivity index (χ0n) is 12.2. The summed E-state index contributed by atoms with van der Waals surface area (Å²) in [6.07, 6.45) is 1.14. The Morgan fingerprint density at radius 2 is 2.10 bits per heavy atom. The van der Waals surface area contributed by atoms with E-state index in [4.69, 9.17) is 5.11 Å². The van der Waals surface area contributed by atoms with Gasteiger partial charge in [0.15, 0.2) is 0 Å². The number of urea groups is 1. The number of rotatable bonds is 6. The Morgan fingerprint density at radius 1 is 1.40 bits per heavy atom. The van der Waals surface area contributed by atoms with Crippen LogP contribution in [0.1, 0.15) is 30.9 Å². The maximum atomic E-state index is 12.0. The molecule has 0 aliphatic rings. The summed E-state index contributed by atoms with van der Waals surface area (Å²) in [6.45, 7) is 4.33. The zero-order valence-corrected chi connectivity index (χ0v) is 12.2. The molecule has 0 spiro atoms. The predicted molar refractivity (Wildman–Crippen MR) is 77.5 cm³/mol. The number of hydrogen-bond acceptors (Lipinski definition) is 2. The van der Waals surface area contributed by atoms with E-state index < -0.39 is 12.0 Å². The van der Waals surface area contributed by atoms with Crippen LogP contribution in [0, 0.1) is 6.92 Å². The van der Waals surface area contributed by atoms with Crippen LogP contribution in [0.4, 0.5) is 4.79 Å². The number of nitrogens with zero attached hydrogens (tertiary/aromatic N) is 1. The van der Waals surface area contributed by atoms with E-state index in [-0.39, 0.29) is 6.03 Å². The van der Waals surface area contributed by atoms with Crippen LogP contribution in [0.15, 0.2) is 24.3 Å². The summed E-state index contributed by atoms with van der Waals surface area (Å²) >= 11 is 0. The van der Waals surface area contributed by atoms with E-state index in [0.717, 1.165) is 11.1 Å². The smallest absolute Gasteiger partial charge is 0.326 e. The number of aryl methyl sites for hydroxylation is 1. The van der Waals surface area contributed by atoms with Crippen LogP contribution >= 0.6 is 0 Å². The topological polar surface area (TPSA) is 69.6 Å². The van der Waals surface area contributed by atoms with E-state index in [1.165, 1.54) is 4.90 Å². The van der Waals surface area contributed by atoms with Gasteiger partial charge < -0.3 is 15.3 Å². The van der Waals surface area contributed by atoms with Gasteiger partial charge in [0.25, 0.3) is 0 Å². The van der Waals surface area contributed by atoms with Gasteiger partial charge >= 0.3 is 12.0 Å². The average Bonchev–Trinajstić information content (AvgIpc) is 2.37. The van der Waals surface area contributed by atoms with Gasteiger partial charge in [0, 0.05) is 13.6 Å². The molecule has 1 aromatic rings. The third-order valence-corrected chi connectivity index (χ3v) is 3.02. The SMILES string of the molecule is CCC[C@H](NC(=O)N(C)Cc1cccc(C)c1)C(=O)O. The van der Waals surface area contributed by atoms with Crippen LogP contribution in [0.2, 0.25) is 0 Å². The van der Waals surface area contributed by atoms with Gasteiger partial charge in [-0.3, -0.25) is 0 Å². The Bertz CT molecular complexity index is 474. The van der Waals surface area contributed by atoms with E-state index in [1.54, 1.807) is 7.05 Å². The molecule has 2 N–H and O–H groups in total. The van der Waals surface area contributed by atoms with Crippen LogP contribution in [-0.2, 0) is 11.3 Å². The number of carboxylic acid groups (broad SMARTS) is 1. The molecular formula is C15H22N2O3. The quantitative estimate of drug-likeness (QED) is 0.839. The highest BCUT2D eigenvalue weighted by molar-refractivity contribution is 5.82. The van der Waals surface area contributed by atoms with E-state index in [1.807, 2.05) is 38.1 Å². The van der Waals surface area contributed by atoms with Crippen molar-refractivity contribution in [2.45, 2.75) is 39.3 Å². The molecule has 0 radical (unpaired) electrons. The van der Waals surface area contributed by atoms with Gasteiger partial charge in [0.1, 0.15) is 6.04 Å². The van der Waals surface area contributed by atoms with Gasteiger partial charge in [0.2, 0.25) is 0 Å². The standard InChI is InChI=1S/C15H22N2O3/c1-4-6-13(14(18)19)16-15(20)17(3)10-12-8-5-7-11(2)9-12/h5,7-9,13H,4,6,10H2,1-3H3,(H,16,20)(H,18,19)/t13-/m0/s1. The van der Waals surface area contributed by atoms with Crippen LogP contribution in [-0.4, -0.2) is 35.1 Å². The van der Waals surface area contributed by atoms with Crippen LogP contribution < -0.4 is 5.32 Å². The number of hydrogen-bond donors (Lipinski definition) is 2. The first-order valence-electron chi connectivity index (χ1n) is 6.74. The van der Waals surface area contributed by atoms with Gasteiger partial charge in [-0.2, -0.15) is 0 Å². The average molecular weight is 278 g/mol. The molecule has 0 saturated carbocycles. The first kappa shape index (κ1) is 16.0. The third kappa shape index (κ3) is 4.91. The molecule has 0 aromatic heterocycles. The lowest BCUT2D eigenvalue weighted by molar-refractivity contribution is -0.139. The number of carboxylic acids is 1. The molecule has 1 aromatic carbocycles. The van der Waals surface area contributed by atoms with E-state index in [9.17, 15) is 9.59 Å². The lowest BCUT2D eigenvalue weighted by Gasteiger charge is -2.21. The van der Waals surface area contributed by atoms with Crippen LogP contribution in [0.5, 0.6) is 0 Å². The fourth-order valence-electron chi connectivity index (χ4n) is 1.96. The van der Waals surface area contributed by atoms with Crippen molar-refractivity contribution in [1.82, 2.24) is 10.2 Å². The molecule has 5 nitrogen and oxygen atoms in total. The summed E-state index contributed by atoms with van der Waals surface area (Å²) < 4.78 is 0. The third-order valence-electron chi connectivity index (χ3n) is 3.02. The van der Waals surface area contributed by atoms with Gasteiger partial charge in [0.05, 0.1) is 0 Å². The van der Waals surface area contributed by atoms with Crippen molar-refractivity contribution in [1.29, 1.82) is 0 Å².